The number of halogens is 3. The van der Waals surface area contributed by atoms with Crippen molar-refractivity contribution in [3.63, 3.8) is 0 Å². The normalized spacial score (nSPS) is 23.5. The number of hydrogen-bond acceptors (Lipinski definition) is 3. The van der Waals surface area contributed by atoms with Crippen molar-refractivity contribution in [1.82, 2.24) is 0 Å². The molecule has 0 spiro atoms. The minimum atomic E-state index is -4.52. The van der Waals surface area contributed by atoms with Crippen molar-refractivity contribution in [2.45, 2.75) is 25.6 Å². The van der Waals surface area contributed by atoms with Gasteiger partial charge in [-0.25, -0.2) is 0 Å². The highest BCUT2D eigenvalue weighted by atomic mass is 19.4. The fourth-order valence-electron chi connectivity index (χ4n) is 2.44. The van der Waals surface area contributed by atoms with E-state index in [4.69, 9.17) is 5.26 Å². The largest absolute Gasteiger partial charge is 0.417 e. The van der Waals surface area contributed by atoms with Gasteiger partial charge in [-0.2, -0.15) is 18.4 Å². The Morgan fingerprint density at radius 2 is 2.10 bits per heavy atom. The second kappa shape index (κ2) is 5.33. The van der Waals surface area contributed by atoms with Crippen LogP contribution in [0.1, 0.15) is 24.5 Å². The van der Waals surface area contributed by atoms with Gasteiger partial charge in [-0.1, -0.05) is 6.92 Å². The molecule has 1 fully saturated rings. The van der Waals surface area contributed by atoms with Crippen LogP contribution in [0.15, 0.2) is 18.2 Å². The average Bonchev–Trinajstić information content (AvgIpc) is 2.40. The van der Waals surface area contributed by atoms with Gasteiger partial charge in [0.1, 0.15) is 0 Å². The number of aliphatic hydroxyl groups is 1. The maximum Gasteiger partial charge on any atom is 0.417 e. The highest BCUT2D eigenvalue weighted by Crippen LogP contribution is 2.34. The molecule has 1 N–H and O–H groups in total. The molecule has 20 heavy (non-hydrogen) atoms. The van der Waals surface area contributed by atoms with Crippen molar-refractivity contribution < 1.29 is 18.3 Å². The van der Waals surface area contributed by atoms with Crippen LogP contribution in [-0.4, -0.2) is 24.3 Å². The van der Waals surface area contributed by atoms with Gasteiger partial charge in [0.25, 0.3) is 0 Å². The smallest absolute Gasteiger partial charge is 0.393 e. The highest BCUT2D eigenvalue weighted by molar-refractivity contribution is 5.55. The summed E-state index contributed by atoms with van der Waals surface area (Å²) >= 11 is 0. The number of piperidine rings is 1. The fourth-order valence-corrected chi connectivity index (χ4v) is 2.44. The Kier molecular flexibility index (Phi) is 3.91. The lowest BCUT2D eigenvalue weighted by Gasteiger charge is -2.36. The van der Waals surface area contributed by atoms with Gasteiger partial charge in [-0.3, -0.25) is 0 Å². The maximum absolute atomic E-state index is 12.7. The summed E-state index contributed by atoms with van der Waals surface area (Å²) in [5.74, 6) is 0.0524. The van der Waals surface area contributed by atoms with Crippen molar-refractivity contribution >= 4 is 5.69 Å². The average molecular weight is 284 g/mol. The van der Waals surface area contributed by atoms with E-state index in [1.807, 2.05) is 11.8 Å². The molecule has 0 bridgehead atoms. The standard InChI is InChI=1S/C14H15F3N2O/c1-9-8-19(5-4-13(9)20)11-2-3-12(14(15,16)17)10(6-11)7-18/h2-3,6,9,13,20H,4-5,8H2,1H3. The second-order valence-corrected chi connectivity index (χ2v) is 5.12. The molecule has 0 aliphatic carbocycles. The Hall–Kier alpha value is -1.74. The lowest BCUT2D eigenvalue weighted by molar-refractivity contribution is -0.137. The second-order valence-electron chi connectivity index (χ2n) is 5.12. The van der Waals surface area contributed by atoms with Gasteiger partial charge in [0.15, 0.2) is 0 Å². The number of benzene rings is 1. The first kappa shape index (κ1) is 14.7. The number of hydrogen-bond donors (Lipinski definition) is 1. The van der Waals surface area contributed by atoms with E-state index < -0.39 is 11.7 Å². The van der Waals surface area contributed by atoms with Crippen LogP contribution in [0, 0.1) is 17.2 Å². The quantitative estimate of drug-likeness (QED) is 0.862. The lowest BCUT2D eigenvalue weighted by Crippen LogP contribution is -2.42. The predicted molar refractivity (Wildman–Crippen MR) is 68.2 cm³/mol. The summed E-state index contributed by atoms with van der Waals surface area (Å²) in [6.45, 7) is 3.03. The molecule has 0 saturated carbocycles. The first-order chi connectivity index (χ1) is 9.32. The van der Waals surface area contributed by atoms with E-state index >= 15 is 0 Å². The molecular weight excluding hydrogens is 269 g/mol. The molecule has 3 nitrogen and oxygen atoms in total. The molecular formula is C14H15F3N2O. The third-order valence-electron chi connectivity index (χ3n) is 3.65. The van der Waals surface area contributed by atoms with Gasteiger partial charge in [0.2, 0.25) is 0 Å². The van der Waals surface area contributed by atoms with Gasteiger partial charge in [0, 0.05) is 18.8 Å². The van der Waals surface area contributed by atoms with E-state index in [0.717, 1.165) is 6.07 Å². The molecule has 2 rings (SSSR count). The lowest BCUT2D eigenvalue weighted by atomic mass is 9.96. The highest BCUT2D eigenvalue weighted by Gasteiger charge is 2.34. The van der Waals surface area contributed by atoms with Crippen LogP contribution in [0.5, 0.6) is 0 Å². The van der Waals surface area contributed by atoms with Gasteiger partial charge < -0.3 is 10.0 Å². The predicted octanol–water partition coefficient (Wildman–Crippen LogP) is 2.78. The molecule has 1 aliphatic rings. The Labute approximate surface area is 115 Å². The van der Waals surface area contributed by atoms with Crippen LogP contribution in [0.3, 0.4) is 0 Å². The molecule has 1 aliphatic heterocycles. The summed E-state index contributed by atoms with van der Waals surface area (Å²) in [5.41, 5.74) is -0.684. The molecule has 1 heterocycles. The van der Waals surface area contributed by atoms with Crippen LogP contribution < -0.4 is 4.90 Å². The zero-order chi connectivity index (χ0) is 14.9. The zero-order valence-corrected chi connectivity index (χ0v) is 11.0. The number of alkyl halides is 3. The number of aliphatic hydroxyl groups excluding tert-OH is 1. The molecule has 1 aromatic carbocycles. The first-order valence-electron chi connectivity index (χ1n) is 6.37. The number of nitriles is 1. The summed E-state index contributed by atoms with van der Waals surface area (Å²) in [6, 6.07) is 5.21. The van der Waals surface area contributed by atoms with Gasteiger partial charge >= 0.3 is 6.18 Å². The van der Waals surface area contributed by atoms with E-state index in [-0.39, 0.29) is 17.6 Å². The van der Waals surface area contributed by atoms with Gasteiger partial charge in [-0.05, 0) is 30.5 Å². The third-order valence-corrected chi connectivity index (χ3v) is 3.65. The minimum Gasteiger partial charge on any atom is -0.393 e. The Balaban J connectivity index is 2.29. The third kappa shape index (κ3) is 2.88. The van der Waals surface area contributed by atoms with E-state index in [9.17, 15) is 18.3 Å². The van der Waals surface area contributed by atoms with Crippen molar-refractivity contribution in [2.24, 2.45) is 5.92 Å². The zero-order valence-electron chi connectivity index (χ0n) is 11.0. The van der Waals surface area contributed by atoms with Crippen LogP contribution >= 0.6 is 0 Å². The Morgan fingerprint density at radius 1 is 1.40 bits per heavy atom. The van der Waals surface area contributed by atoms with Crippen LogP contribution in [0.25, 0.3) is 0 Å². The van der Waals surface area contributed by atoms with Gasteiger partial charge in [0.05, 0.1) is 23.3 Å². The summed E-state index contributed by atoms with van der Waals surface area (Å²) in [7, 11) is 0. The van der Waals surface area contributed by atoms with E-state index in [0.29, 0.717) is 25.2 Å². The monoisotopic (exact) mass is 284 g/mol. The molecule has 1 saturated heterocycles. The van der Waals surface area contributed by atoms with Crippen LogP contribution in [0.2, 0.25) is 0 Å². The van der Waals surface area contributed by atoms with Crippen LogP contribution in [0.4, 0.5) is 18.9 Å². The maximum atomic E-state index is 12.7. The molecule has 0 radical (unpaired) electrons. The summed E-state index contributed by atoms with van der Waals surface area (Å²) in [5, 5.41) is 18.6. The SMILES string of the molecule is CC1CN(c2ccc(C(F)(F)F)c(C#N)c2)CCC1O. The van der Waals surface area contributed by atoms with Crippen molar-refractivity contribution in [3.8, 4) is 6.07 Å². The molecule has 2 atom stereocenters. The van der Waals surface area contributed by atoms with Crippen LogP contribution in [-0.2, 0) is 6.18 Å². The number of anilines is 1. The minimum absolute atomic E-state index is 0.0524. The summed E-state index contributed by atoms with van der Waals surface area (Å²) in [6.07, 6.45) is -4.32. The fraction of sp³-hybridized carbons (Fsp3) is 0.500. The first-order valence-corrected chi connectivity index (χ1v) is 6.37. The number of nitrogens with zero attached hydrogens (tertiary/aromatic N) is 2. The van der Waals surface area contributed by atoms with Crippen molar-refractivity contribution in [1.29, 1.82) is 5.26 Å². The molecule has 6 heteroatoms. The molecule has 108 valence electrons. The molecule has 1 aromatic rings. The summed E-state index contributed by atoms with van der Waals surface area (Å²) in [4.78, 5) is 1.90. The Bertz CT molecular complexity index is 536. The molecule has 0 amide bonds. The van der Waals surface area contributed by atoms with E-state index in [1.165, 1.54) is 12.1 Å². The molecule has 2 unspecified atom stereocenters. The topological polar surface area (TPSA) is 47.3 Å². The van der Waals surface area contributed by atoms with Crippen molar-refractivity contribution in [3.05, 3.63) is 29.3 Å². The number of rotatable bonds is 1. The summed E-state index contributed by atoms with van der Waals surface area (Å²) < 4.78 is 38.2. The van der Waals surface area contributed by atoms with E-state index in [1.54, 1.807) is 6.07 Å². The van der Waals surface area contributed by atoms with E-state index in [2.05, 4.69) is 0 Å². The van der Waals surface area contributed by atoms with Crippen molar-refractivity contribution in [2.75, 3.05) is 18.0 Å². The van der Waals surface area contributed by atoms with Gasteiger partial charge in [-0.15, -0.1) is 0 Å². The Morgan fingerprint density at radius 3 is 2.65 bits per heavy atom. The molecule has 0 aromatic heterocycles.